The lowest BCUT2D eigenvalue weighted by atomic mass is 10.1. The molecule has 0 aliphatic carbocycles. The van der Waals surface area contributed by atoms with Gasteiger partial charge in [0.1, 0.15) is 0 Å². The van der Waals surface area contributed by atoms with E-state index in [0.717, 1.165) is 0 Å². The van der Waals surface area contributed by atoms with Gasteiger partial charge in [0, 0.05) is 7.11 Å². The summed E-state index contributed by atoms with van der Waals surface area (Å²) in [4.78, 5) is 23.1. The second-order valence-electron chi connectivity index (χ2n) is 3.56. The lowest BCUT2D eigenvalue weighted by Crippen LogP contribution is -2.09. The zero-order chi connectivity index (χ0) is 13.5. The Labute approximate surface area is 106 Å². The summed E-state index contributed by atoms with van der Waals surface area (Å²) in [6.07, 6.45) is 0. The molecule has 5 heteroatoms. The maximum atomic E-state index is 11.6. The van der Waals surface area contributed by atoms with E-state index in [9.17, 15) is 9.59 Å². The molecule has 0 radical (unpaired) electrons. The van der Waals surface area contributed by atoms with Crippen LogP contribution in [0.25, 0.3) is 0 Å². The van der Waals surface area contributed by atoms with Crippen molar-refractivity contribution in [2.45, 2.75) is 13.5 Å². The number of esters is 2. The molecule has 18 heavy (non-hydrogen) atoms. The summed E-state index contributed by atoms with van der Waals surface area (Å²) in [5, 5.41) is 0. The van der Waals surface area contributed by atoms with Crippen molar-refractivity contribution in [1.82, 2.24) is 0 Å². The Morgan fingerprint density at radius 2 is 1.67 bits per heavy atom. The summed E-state index contributed by atoms with van der Waals surface area (Å²) in [6, 6.07) is 4.70. The van der Waals surface area contributed by atoms with Gasteiger partial charge in [-0.1, -0.05) is 0 Å². The van der Waals surface area contributed by atoms with Gasteiger partial charge in [-0.15, -0.1) is 0 Å². The first-order chi connectivity index (χ1) is 8.62. The van der Waals surface area contributed by atoms with Crippen LogP contribution in [0.15, 0.2) is 18.2 Å². The molecule has 5 nitrogen and oxygen atoms in total. The van der Waals surface area contributed by atoms with Crippen molar-refractivity contribution in [3.8, 4) is 0 Å². The molecule has 1 aromatic rings. The predicted molar refractivity (Wildman–Crippen MR) is 64.5 cm³/mol. The quantitative estimate of drug-likeness (QED) is 0.748. The van der Waals surface area contributed by atoms with Gasteiger partial charge in [0.15, 0.2) is 0 Å². The van der Waals surface area contributed by atoms with Crippen LogP contribution in [0.3, 0.4) is 0 Å². The molecule has 0 saturated heterocycles. The number of rotatable bonds is 5. The summed E-state index contributed by atoms with van der Waals surface area (Å²) in [7, 11) is 2.82. The van der Waals surface area contributed by atoms with Crippen molar-refractivity contribution in [1.29, 1.82) is 0 Å². The highest BCUT2D eigenvalue weighted by Gasteiger charge is 2.13. The molecule has 0 bridgehead atoms. The maximum absolute atomic E-state index is 11.6. The van der Waals surface area contributed by atoms with Crippen LogP contribution in [-0.2, 0) is 20.8 Å². The fraction of sp³-hybridized carbons (Fsp3) is 0.385. The highest BCUT2D eigenvalue weighted by atomic mass is 16.5. The van der Waals surface area contributed by atoms with Gasteiger partial charge in [-0.2, -0.15) is 0 Å². The smallest absolute Gasteiger partial charge is 0.338 e. The number of methoxy groups -OCH3 is 2. The molecular formula is C13H16O5. The first-order valence-electron chi connectivity index (χ1n) is 5.50. The van der Waals surface area contributed by atoms with Crippen LogP contribution in [0.5, 0.6) is 0 Å². The van der Waals surface area contributed by atoms with Crippen molar-refractivity contribution in [3.63, 3.8) is 0 Å². The van der Waals surface area contributed by atoms with Gasteiger partial charge >= 0.3 is 11.9 Å². The molecule has 98 valence electrons. The minimum Gasteiger partial charge on any atom is -0.465 e. The monoisotopic (exact) mass is 252 g/mol. The van der Waals surface area contributed by atoms with E-state index in [-0.39, 0.29) is 6.61 Å². The molecule has 0 aliphatic heterocycles. The zero-order valence-electron chi connectivity index (χ0n) is 10.7. The van der Waals surface area contributed by atoms with Crippen LogP contribution in [0.1, 0.15) is 33.2 Å². The molecule has 0 N–H and O–H groups in total. The van der Waals surface area contributed by atoms with Crippen molar-refractivity contribution in [3.05, 3.63) is 34.9 Å². The molecule has 0 unspecified atom stereocenters. The van der Waals surface area contributed by atoms with E-state index >= 15 is 0 Å². The topological polar surface area (TPSA) is 61.8 Å². The van der Waals surface area contributed by atoms with Crippen molar-refractivity contribution < 1.29 is 23.8 Å². The van der Waals surface area contributed by atoms with Crippen LogP contribution >= 0.6 is 0 Å². The fourth-order valence-electron chi connectivity index (χ4n) is 1.51. The Kier molecular flexibility index (Phi) is 5.32. The lowest BCUT2D eigenvalue weighted by Gasteiger charge is -2.08. The average molecular weight is 252 g/mol. The van der Waals surface area contributed by atoms with Gasteiger partial charge in [0.2, 0.25) is 0 Å². The molecule has 0 atom stereocenters. The van der Waals surface area contributed by atoms with Gasteiger partial charge in [-0.25, -0.2) is 9.59 Å². The molecule has 0 saturated carbocycles. The van der Waals surface area contributed by atoms with Gasteiger partial charge < -0.3 is 14.2 Å². The van der Waals surface area contributed by atoms with Crippen LogP contribution < -0.4 is 0 Å². The molecule has 0 amide bonds. The van der Waals surface area contributed by atoms with E-state index in [1.165, 1.54) is 20.3 Å². The van der Waals surface area contributed by atoms with Gasteiger partial charge in [-0.3, -0.25) is 0 Å². The second kappa shape index (κ2) is 6.76. The predicted octanol–water partition coefficient (Wildman–Crippen LogP) is 1.80. The van der Waals surface area contributed by atoms with Crippen LogP contribution in [0, 0.1) is 0 Å². The number of hydrogen-bond donors (Lipinski definition) is 0. The summed E-state index contributed by atoms with van der Waals surface area (Å²) in [5.74, 6) is -0.973. The Balaban J connectivity index is 3.13. The Hall–Kier alpha value is -1.88. The number of carbonyl (C=O) groups is 2. The highest BCUT2D eigenvalue weighted by molar-refractivity contribution is 5.95. The van der Waals surface area contributed by atoms with E-state index in [0.29, 0.717) is 23.3 Å². The molecule has 0 heterocycles. The summed E-state index contributed by atoms with van der Waals surface area (Å²) < 4.78 is 14.5. The number of benzene rings is 1. The SMILES string of the molecule is CCOC(=O)c1cc(COC)cc(C(=O)OC)c1. The minimum absolute atomic E-state index is 0.279. The molecular weight excluding hydrogens is 236 g/mol. The number of carbonyl (C=O) groups excluding carboxylic acids is 2. The Morgan fingerprint density at radius 3 is 2.17 bits per heavy atom. The van der Waals surface area contributed by atoms with E-state index < -0.39 is 11.9 Å². The van der Waals surface area contributed by atoms with Gasteiger partial charge in [-0.05, 0) is 30.7 Å². The first-order valence-corrected chi connectivity index (χ1v) is 5.50. The number of ether oxygens (including phenoxy) is 3. The molecule has 0 fully saturated rings. The standard InChI is InChI=1S/C13H16O5/c1-4-18-13(15)11-6-9(8-16-2)5-10(7-11)12(14)17-3/h5-7H,4,8H2,1-3H3. The highest BCUT2D eigenvalue weighted by Crippen LogP contribution is 2.13. The van der Waals surface area contributed by atoms with E-state index in [1.54, 1.807) is 19.1 Å². The van der Waals surface area contributed by atoms with Crippen molar-refractivity contribution >= 4 is 11.9 Å². The van der Waals surface area contributed by atoms with E-state index in [1.807, 2.05) is 0 Å². The normalized spacial score (nSPS) is 9.94. The molecule has 1 rings (SSSR count). The fourth-order valence-corrected chi connectivity index (χ4v) is 1.51. The third-order valence-electron chi connectivity index (χ3n) is 2.24. The molecule has 1 aromatic carbocycles. The average Bonchev–Trinajstić information content (AvgIpc) is 2.38. The maximum Gasteiger partial charge on any atom is 0.338 e. The molecule has 0 aliphatic rings. The van der Waals surface area contributed by atoms with Crippen LogP contribution in [0.4, 0.5) is 0 Å². The van der Waals surface area contributed by atoms with Crippen LogP contribution in [0.2, 0.25) is 0 Å². The van der Waals surface area contributed by atoms with Crippen molar-refractivity contribution in [2.24, 2.45) is 0 Å². The third kappa shape index (κ3) is 3.56. The Morgan fingerprint density at radius 1 is 1.06 bits per heavy atom. The van der Waals surface area contributed by atoms with E-state index in [2.05, 4.69) is 4.74 Å². The minimum atomic E-state index is -0.501. The summed E-state index contributed by atoms with van der Waals surface area (Å²) >= 11 is 0. The van der Waals surface area contributed by atoms with E-state index in [4.69, 9.17) is 9.47 Å². The first kappa shape index (κ1) is 14.2. The Bertz CT molecular complexity index is 439. The zero-order valence-corrected chi connectivity index (χ0v) is 10.7. The van der Waals surface area contributed by atoms with Gasteiger partial charge in [0.05, 0.1) is 31.5 Å². The third-order valence-corrected chi connectivity index (χ3v) is 2.24. The molecule has 0 spiro atoms. The summed E-state index contributed by atoms with van der Waals surface area (Å²) in [6.45, 7) is 2.30. The number of hydrogen-bond acceptors (Lipinski definition) is 5. The lowest BCUT2D eigenvalue weighted by molar-refractivity contribution is 0.0526. The van der Waals surface area contributed by atoms with Gasteiger partial charge in [0.25, 0.3) is 0 Å². The summed E-state index contributed by atoms with van der Waals surface area (Å²) in [5.41, 5.74) is 1.32. The van der Waals surface area contributed by atoms with Crippen LogP contribution in [-0.4, -0.2) is 32.8 Å². The van der Waals surface area contributed by atoms with Crippen molar-refractivity contribution in [2.75, 3.05) is 20.8 Å². The second-order valence-corrected chi connectivity index (χ2v) is 3.56. The molecule has 0 aromatic heterocycles. The largest absolute Gasteiger partial charge is 0.465 e.